The van der Waals surface area contributed by atoms with Gasteiger partial charge in [0.25, 0.3) is 11.8 Å². The zero-order chi connectivity index (χ0) is 13.7. The lowest BCUT2D eigenvalue weighted by molar-refractivity contribution is 0.0944. The minimum Gasteiger partial charge on any atom is -0.351 e. The normalized spacial score (nSPS) is 13.0. The maximum Gasteiger partial charge on any atom is 0.270 e. The summed E-state index contributed by atoms with van der Waals surface area (Å²) in [4.78, 5) is 27.6. The number of carbonyl (C=O) groups is 2. The Morgan fingerprint density at radius 2 is 2.26 bits per heavy atom. The zero-order valence-corrected chi connectivity index (χ0v) is 11.2. The van der Waals surface area contributed by atoms with E-state index in [0.717, 1.165) is 12.8 Å². The monoisotopic (exact) mass is 261 g/mol. The third-order valence-corrected chi connectivity index (χ3v) is 3.26. The fraction of sp³-hybridized carbons (Fsp3) is 0.500. The van der Waals surface area contributed by atoms with Crippen molar-refractivity contribution in [2.24, 2.45) is 0 Å². The first-order chi connectivity index (χ1) is 9.24. The van der Waals surface area contributed by atoms with Crippen LogP contribution in [0.3, 0.4) is 0 Å². The molecule has 0 fully saturated rings. The predicted octanol–water partition coefficient (Wildman–Crippen LogP) is 1.64. The molecule has 0 aromatic carbocycles. The van der Waals surface area contributed by atoms with E-state index in [1.54, 1.807) is 6.07 Å². The molecular weight excluding hydrogens is 242 g/mol. The minimum absolute atomic E-state index is 0.130. The van der Waals surface area contributed by atoms with Crippen LogP contribution in [-0.4, -0.2) is 23.3 Å². The van der Waals surface area contributed by atoms with Crippen LogP contribution in [-0.2, 0) is 6.54 Å². The van der Waals surface area contributed by atoms with Crippen LogP contribution in [0.4, 0.5) is 0 Å². The average molecular weight is 261 g/mol. The van der Waals surface area contributed by atoms with E-state index in [1.165, 1.54) is 19.0 Å². The van der Waals surface area contributed by atoms with Crippen LogP contribution in [0.1, 0.15) is 59.0 Å². The van der Waals surface area contributed by atoms with Gasteiger partial charge in [-0.3, -0.25) is 14.6 Å². The van der Waals surface area contributed by atoms with E-state index in [1.807, 2.05) is 0 Å². The van der Waals surface area contributed by atoms with Crippen LogP contribution in [0.5, 0.6) is 0 Å². The number of rotatable bonds is 6. The summed E-state index contributed by atoms with van der Waals surface area (Å²) >= 11 is 0. The van der Waals surface area contributed by atoms with Gasteiger partial charge in [-0.2, -0.15) is 0 Å². The van der Waals surface area contributed by atoms with Gasteiger partial charge in [-0.05, 0) is 12.5 Å². The van der Waals surface area contributed by atoms with Crippen molar-refractivity contribution in [2.75, 3.05) is 6.54 Å². The van der Waals surface area contributed by atoms with Crippen molar-refractivity contribution >= 4 is 11.8 Å². The van der Waals surface area contributed by atoms with Gasteiger partial charge in [0.05, 0.1) is 0 Å². The lowest BCUT2D eigenvalue weighted by Gasteiger charge is -2.07. The molecule has 2 heterocycles. The van der Waals surface area contributed by atoms with Crippen LogP contribution in [0.2, 0.25) is 0 Å². The molecule has 0 saturated carbocycles. The number of unbranched alkanes of at least 4 members (excludes halogenated alkanes) is 3. The third-order valence-electron chi connectivity index (χ3n) is 3.26. The summed E-state index contributed by atoms with van der Waals surface area (Å²) in [6.07, 6.45) is 5.97. The van der Waals surface area contributed by atoms with Gasteiger partial charge in [0.1, 0.15) is 5.69 Å². The zero-order valence-electron chi connectivity index (χ0n) is 11.2. The van der Waals surface area contributed by atoms with E-state index in [0.29, 0.717) is 29.9 Å². The average Bonchev–Trinajstić information content (AvgIpc) is 2.80. The van der Waals surface area contributed by atoms with Gasteiger partial charge < -0.3 is 10.6 Å². The van der Waals surface area contributed by atoms with E-state index in [-0.39, 0.29) is 11.8 Å². The summed E-state index contributed by atoms with van der Waals surface area (Å²) in [5, 5.41) is 5.57. The highest BCUT2D eigenvalue weighted by molar-refractivity contribution is 6.03. The van der Waals surface area contributed by atoms with Gasteiger partial charge in [-0.25, -0.2) is 0 Å². The van der Waals surface area contributed by atoms with Crippen molar-refractivity contribution in [2.45, 2.75) is 39.2 Å². The summed E-state index contributed by atoms with van der Waals surface area (Å²) in [5.41, 5.74) is 1.64. The summed E-state index contributed by atoms with van der Waals surface area (Å²) in [5.74, 6) is -0.320. The number of hydrogen-bond acceptors (Lipinski definition) is 3. The first-order valence-corrected chi connectivity index (χ1v) is 6.78. The summed E-state index contributed by atoms with van der Waals surface area (Å²) in [6, 6.07) is 1.65. The minimum atomic E-state index is -0.190. The fourth-order valence-electron chi connectivity index (χ4n) is 2.18. The molecule has 1 aromatic rings. The SMILES string of the molecule is CCCCCCNC(=O)c1nccc2c1CNC2=O. The second kappa shape index (κ2) is 6.31. The number of carbonyl (C=O) groups excluding carboxylic acids is 2. The molecule has 1 aliphatic heterocycles. The molecule has 0 aliphatic carbocycles. The smallest absolute Gasteiger partial charge is 0.270 e. The number of amides is 2. The molecule has 2 rings (SSSR count). The molecular formula is C14H19N3O2. The maximum absolute atomic E-state index is 12.0. The highest BCUT2D eigenvalue weighted by Gasteiger charge is 2.24. The van der Waals surface area contributed by atoms with Crippen molar-refractivity contribution in [3.8, 4) is 0 Å². The van der Waals surface area contributed by atoms with E-state index < -0.39 is 0 Å². The van der Waals surface area contributed by atoms with Crippen molar-refractivity contribution < 1.29 is 9.59 Å². The molecule has 5 nitrogen and oxygen atoms in total. The Morgan fingerprint density at radius 1 is 1.42 bits per heavy atom. The Hall–Kier alpha value is -1.91. The molecule has 1 aromatic heterocycles. The lowest BCUT2D eigenvalue weighted by Crippen LogP contribution is -2.26. The molecule has 0 saturated heterocycles. The second-order valence-corrected chi connectivity index (χ2v) is 4.68. The lowest BCUT2D eigenvalue weighted by atomic mass is 10.1. The van der Waals surface area contributed by atoms with E-state index in [4.69, 9.17) is 0 Å². The number of hydrogen-bond donors (Lipinski definition) is 2. The topological polar surface area (TPSA) is 71.1 Å². The molecule has 102 valence electrons. The Kier molecular flexibility index (Phi) is 4.49. The Balaban J connectivity index is 1.95. The predicted molar refractivity (Wildman–Crippen MR) is 71.9 cm³/mol. The fourth-order valence-corrected chi connectivity index (χ4v) is 2.18. The molecule has 2 amide bonds. The van der Waals surface area contributed by atoms with Crippen LogP contribution < -0.4 is 10.6 Å². The van der Waals surface area contributed by atoms with Crippen molar-refractivity contribution in [1.82, 2.24) is 15.6 Å². The van der Waals surface area contributed by atoms with Gasteiger partial charge in [-0.15, -0.1) is 0 Å². The van der Waals surface area contributed by atoms with Crippen molar-refractivity contribution in [3.05, 3.63) is 29.1 Å². The van der Waals surface area contributed by atoms with Gasteiger partial charge in [-0.1, -0.05) is 26.2 Å². The van der Waals surface area contributed by atoms with Crippen LogP contribution >= 0.6 is 0 Å². The molecule has 2 N–H and O–H groups in total. The van der Waals surface area contributed by atoms with E-state index in [2.05, 4.69) is 22.5 Å². The molecule has 0 radical (unpaired) electrons. The molecule has 0 spiro atoms. The number of fused-ring (bicyclic) bond motifs is 1. The number of aromatic nitrogens is 1. The van der Waals surface area contributed by atoms with Gasteiger partial charge in [0, 0.05) is 30.4 Å². The van der Waals surface area contributed by atoms with Crippen LogP contribution in [0.25, 0.3) is 0 Å². The molecule has 0 unspecified atom stereocenters. The van der Waals surface area contributed by atoms with Crippen molar-refractivity contribution in [3.63, 3.8) is 0 Å². The summed E-state index contributed by atoms with van der Waals surface area (Å²) < 4.78 is 0. The quantitative estimate of drug-likeness (QED) is 0.765. The Morgan fingerprint density at radius 3 is 3.05 bits per heavy atom. The van der Waals surface area contributed by atoms with E-state index in [9.17, 15) is 9.59 Å². The Labute approximate surface area is 112 Å². The molecule has 0 bridgehead atoms. The molecule has 5 heteroatoms. The van der Waals surface area contributed by atoms with E-state index >= 15 is 0 Å². The van der Waals surface area contributed by atoms with Gasteiger partial charge in [0.2, 0.25) is 0 Å². The Bertz CT molecular complexity index is 486. The molecule has 0 atom stereocenters. The number of nitrogens with one attached hydrogen (secondary N) is 2. The summed E-state index contributed by atoms with van der Waals surface area (Å²) in [6.45, 7) is 3.20. The van der Waals surface area contributed by atoms with Gasteiger partial charge >= 0.3 is 0 Å². The maximum atomic E-state index is 12.0. The number of pyridine rings is 1. The number of nitrogens with zero attached hydrogens (tertiary/aromatic N) is 1. The first kappa shape index (κ1) is 13.5. The second-order valence-electron chi connectivity index (χ2n) is 4.68. The molecule has 19 heavy (non-hydrogen) atoms. The summed E-state index contributed by atoms with van der Waals surface area (Å²) in [7, 11) is 0. The highest BCUT2D eigenvalue weighted by Crippen LogP contribution is 2.17. The molecule has 1 aliphatic rings. The standard InChI is InChI=1S/C14H19N3O2/c1-2-3-4-5-7-16-14(19)12-11-9-17-13(18)10(11)6-8-15-12/h6,8H,2-5,7,9H2,1H3,(H,16,19)(H,17,18). The van der Waals surface area contributed by atoms with Crippen LogP contribution in [0, 0.1) is 0 Å². The third kappa shape index (κ3) is 3.10. The largest absolute Gasteiger partial charge is 0.351 e. The van der Waals surface area contributed by atoms with Crippen molar-refractivity contribution in [1.29, 1.82) is 0 Å². The highest BCUT2D eigenvalue weighted by atomic mass is 16.2. The van der Waals surface area contributed by atoms with Crippen LogP contribution in [0.15, 0.2) is 12.3 Å². The van der Waals surface area contributed by atoms with Gasteiger partial charge in [0.15, 0.2) is 0 Å². The first-order valence-electron chi connectivity index (χ1n) is 6.78.